The lowest BCUT2D eigenvalue weighted by Gasteiger charge is -2.19. The van der Waals surface area contributed by atoms with Crippen molar-refractivity contribution in [2.75, 3.05) is 11.9 Å². The maximum absolute atomic E-state index is 2.37. The molecule has 0 aliphatic heterocycles. The van der Waals surface area contributed by atoms with Crippen LogP contribution in [0.4, 0.5) is 5.00 Å². The molecule has 1 nitrogen and oxygen atoms in total. The number of hydrogen-bond donors (Lipinski definition) is 0. The van der Waals surface area contributed by atoms with Crippen LogP contribution in [0.25, 0.3) is 0 Å². The Morgan fingerprint density at radius 1 is 0.947 bits per heavy atom. The third kappa shape index (κ3) is 2.84. The predicted molar refractivity (Wildman–Crippen MR) is 86.6 cm³/mol. The Labute approximate surface area is 120 Å². The second-order valence-corrected chi connectivity index (χ2v) is 6.69. The van der Waals surface area contributed by atoms with Crippen molar-refractivity contribution in [2.45, 2.75) is 41.2 Å². The third-order valence-corrected chi connectivity index (χ3v) is 5.42. The van der Waals surface area contributed by atoms with Crippen LogP contribution in [0.2, 0.25) is 0 Å². The number of nitrogens with zero attached hydrogens (tertiary/aromatic N) is 1. The van der Waals surface area contributed by atoms with Gasteiger partial charge in [0, 0.05) is 18.5 Å². The molecular weight excluding hydrogens is 250 g/mol. The Morgan fingerprint density at radius 3 is 2.16 bits per heavy atom. The van der Waals surface area contributed by atoms with Gasteiger partial charge in [-0.15, -0.1) is 11.3 Å². The summed E-state index contributed by atoms with van der Waals surface area (Å²) in [5.74, 6) is 0. The first-order valence-corrected chi connectivity index (χ1v) is 7.55. The molecule has 2 heteroatoms. The number of benzene rings is 1. The summed E-state index contributed by atoms with van der Waals surface area (Å²) in [4.78, 5) is 3.80. The van der Waals surface area contributed by atoms with Gasteiger partial charge >= 0.3 is 0 Å². The Morgan fingerprint density at radius 2 is 1.63 bits per heavy atom. The van der Waals surface area contributed by atoms with Gasteiger partial charge in [0.2, 0.25) is 0 Å². The number of anilines is 1. The zero-order valence-electron chi connectivity index (χ0n) is 12.8. The van der Waals surface area contributed by atoms with Gasteiger partial charge in [-0.25, -0.2) is 0 Å². The molecule has 1 heterocycles. The minimum Gasteiger partial charge on any atom is -0.362 e. The summed E-state index contributed by atoms with van der Waals surface area (Å²) in [6, 6.07) is 6.76. The van der Waals surface area contributed by atoms with Crippen molar-refractivity contribution in [3.8, 4) is 0 Å². The maximum Gasteiger partial charge on any atom is 0.0944 e. The Bertz CT molecular complexity index is 596. The van der Waals surface area contributed by atoms with Crippen LogP contribution in [0.15, 0.2) is 18.2 Å². The van der Waals surface area contributed by atoms with Gasteiger partial charge in [0.1, 0.15) is 0 Å². The normalized spacial score (nSPS) is 10.8. The van der Waals surface area contributed by atoms with Gasteiger partial charge in [0.05, 0.1) is 5.00 Å². The molecule has 19 heavy (non-hydrogen) atoms. The Hall–Kier alpha value is -1.28. The lowest BCUT2D eigenvalue weighted by Crippen LogP contribution is -2.16. The standard InChI is InChI=1S/C17H23NS/c1-11-7-8-16(9-12(11)2)10-18(6)17-14(4)13(3)15(5)19-17/h7-9H,10H2,1-6H3. The van der Waals surface area contributed by atoms with Crippen molar-refractivity contribution in [1.82, 2.24) is 0 Å². The molecule has 0 radical (unpaired) electrons. The quantitative estimate of drug-likeness (QED) is 0.766. The van der Waals surface area contributed by atoms with E-state index in [0.717, 1.165) is 6.54 Å². The second-order valence-electron chi connectivity index (χ2n) is 5.49. The molecule has 1 aromatic heterocycles. The van der Waals surface area contributed by atoms with Crippen molar-refractivity contribution in [3.63, 3.8) is 0 Å². The van der Waals surface area contributed by atoms with E-state index in [-0.39, 0.29) is 0 Å². The average molecular weight is 273 g/mol. The molecule has 0 amide bonds. The van der Waals surface area contributed by atoms with Crippen molar-refractivity contribution in [1.29, 1.82) is 0 Å². The average Bonchev–Trinajstić information content (AvgIpc) is 2.62. The predicted octanol–water partition coefficient (Wildman–Crippen LogP) is 4.93. The molecule has 1 aromatic carbocycles. The van der Waals surface area contributed by atoms with Crippen LogP contribution >= 0.6 is 11.3 Å². The highest BCUT2D eigenvalue weighted by atomic mass is 32.1. The van der Waals surface area contributed by atoms with Crippen molar-refractivity contribution in [3.05, 3.63) is 50.9 Å². The van der Waals surface area contributed by atoms with E-state index in [4.69, 9.17) is 0 Å². The maximum atomic E-state index is 2.37. The van der Waals surface area contributed by atoms with Gasteiger partial charge in [-0.2, -0.15) is 0 Å². The summed E-state index contributed by atoms with van der Waals surface area (Å²) in [5.41, 5.74) is 6.99. The van der Waals surface area contributed by atoms with Crippen LogP contribution in [0.3, 0.4) is 0 Å². The lowest BCUT2D eigenvalue weighted by molar-refractivity contribution is 0.926. The number of thiophene rings is 1. The molecule has 0 aliphatic carbocycles. The van der Waals surface area contributed by atoms with Gasteiger partial charge in [-0.1, -0.05) is 18.2 Å². The Kier molecular flexibility index (Phi) is 4.00. The SMILES string of the molecule is Cc1ccc(CN(C)c2sc(C)c(C)c2C)cc1C. The first-order valence-electron chi connectivity index (χ1n) is 6.74. The van der Waals surface area contributed by atoms with Crippen molar-refractivity contribution < 1.29 is 0 Å². The molecular formula is C17H23NS. The van der Waals surface area contributed by atoms with Gasteiger partial charge in [-0.05, 0) is 62.4 Å². The van der Waals surface area contributed by atoms with E-state index in [1.54, 1.807) is 0 Å². The summed E-state index contributed by atoms with van der Waals surface area (Å²) in [6.07, 6.45) is 0. The topological polar surface area (TPSA) is 3.24 Å². The fourth-order valence-electron chi connectivity index (χ4n) is 2.33. The van der Waals surface area contributed by atoms with E-state index >= 15 is 0 Å². The summed E-state index contributed by atoms with van der Waals surface area (Å²) >= 11 is 1.90. The van der Waals surface area contributed by atoms with Gasteiger partial charge < -0.3 is 4.90 Å². The molecule has 0 saturated heterocycles. The monoisotopic (exact) mass is 273 g/mol. The molecule has 0 N–H and O–H groups in total. The first-order chi connectivity index (χ1) is 8.90. The molecule has 0 atom stereocenters. The fourth-order valence-corrected chi connectivity index (χ4v) is 3.46. The number of hydrogen-bond acceptors (Lipinski definition) is 2. The van der Waals surface area contributed by atoms with E-state index < -0.39 is 0 Å². The van der Waals surface area contributed by atoms with Crippen LogP contribution in [0.1, 0.15) is 32.7 Å². The zero-order chi connectivity index (χ0) is 14.2. The van der Waals surface area contributed by atoms with E-state index in [9.17, 15) is 0 Å². The van der Waals surface area contributed by atoms with E-state index in [0.29, 0.717) is 0 Å². The van der Waals surface area contributed by atoms with Crippen LogP contribution in [-0.4, -0.2) is 7.05 Å². The summed E-state index contributed by atoms with van der Waals surface area (Å²) in [6.45, 7) is 12.0. The summed E-state index contributed by atoms with van der Waals surface area (Å²) in [5, 5.41) is 1.40. The third-order valence-electron chi connectivity index (χ3n) is 4.00. The molecule has 0 unspecified atom stereocenters. The highest BCUT2D eigenvalue weighted by Crippen LogP contribution is 2.34. The van der Waals surface area contributed by atoms with Crippen molar-refractivity contribution >= 4 is 16.3 Å². The fraction of sp³-hybridized carbons (Fsp3) is 0.412. The molecule has 0 saturated carbocycles. The first kappa shape index (κ1) is 14.1. The molecule has 0 spiro atoms. The molecule has 0 fully saturated rings. The zero-order valence-corrected chi connectivity index (χ0v) is 13.6. The minimum atomic E-state index is 0.974. The number of rotatable bonds is 3. The molecule has 102 valence electrons. The van der Waals surface area contributed by atoms with Crippen LogP contribution in [0, 0.1) is 34.6 Å². The number of aryl methyl sites for hydroxylation is 3. The van der Waals surface area contributed by atoms with Crippen LogP contribution in [-0.2, 0) is 6.54 Å². The molecule has 2 aromatic rings. The lowest BCUT2D eigenvalue weighted by atomic mass is 10.1. The minimum absolute atomic E-state index is 0.974. The molecule has 2 rings (SSSR count). The second kappa shape index (κ2) is 5.38. The highest BCUT2D eigenvalue weighted by Gasteiger charge is 2.12. The Balaban J connectivity index is 2.22. The molecule has 0 aliphatic rings. The molecule has 0 bridgehead atoms. The van der Waals surface area contributed by atoms with Gasteiger partial charge in [-0.3, -0.25) is 0 Å². The van der Waals surface area contributed by atoms with Crippen LogP contribution < -0.4 is 4.90 Å². The summed E-state index contributed by atoms with van der Waals surface area (Å²) in [7, 11) is 2.19. The smallest absolute Gasteiger partial charge is 0.0944 e. The summed E-state index contributed by atoms with van der Waals surface area (Å²) < 4.78 is 0. The van der Waals surface area contributed by atoms with Crippen LogP contribution in [0.5, 0.6) is 0 Å². The largest absolute Gasteiger partial charge is 0.362 e. The van der Waals surface area contributed by atoms with E-state index in [1.165, 1.54) is 37.7 Å². The highest BCUT2D eigenvalue weighted by molar-refractivity contribution is 7.16. The van der Waals surface area contributed by atoms with E-state index in [1.807, 2.05) is 11.3 Å². The van der Waals surface area contributed by atoms with Gasteiger partial charge in [0.15, 0.2) is 0 Å². The van der Waals surface area contributed by atoms with E-state index in [2.05, 4.69) is 64.8 Å². The van der Waals surface area contributed by atoms with Gasteiger partial charge in [0.25, 0.3) is 0 Å². The van der Waals surface area contributed by atoms with Crippen molar-refractivity contribution in [2.24, 2.45) is 0 Å².